The number of nitriles is 1. The summed E-state index contributed by atoms with van der Waals surface area (Å²) in [6, 6.07) is 15.9. The van der Waals surface area contributed by atoms with Crippen LogP contribution in [-0.4, -0.2) is 44.9 Å². The molecule has 1 fully saturated rings. The van der Waals surface area contributed by atoms with Gasteiger partial charge in [-0.2, -0.15) is 5.26 Å². The van der Waals surface area contributed by atoms with Gasteiger partial charge in [-0.15, -0.1) is 11.8 Å². The highest BCUT2D eigenvalue weighted by atomic mass is 32.2. The number of carboxylic acid groups (broad SMARTS) is 3. The highest BCUT2D eigenvalue weighted by Crippen LogP contribution is 2.50. The third-order valence-electron chi connectivity index (χ3n) is 7.18. The molecule has 9 heteroatoms. The molecule has 1 saturated heterocycles. The molecular formula is C30H33NO7S. The first-order valence-electron chi connectivity index (χ1n) is 12.7. The summed E-state index contributed by atoms with van der Waals surface area (Å²) in [5.74, 6) is -5.29. The number of hydrogen-bond donors (Lipinski definition) is 3. The van der Waals surface area contributed by atoms with Crippen molar-refractivity contribution in [1.82, 2.24) is 0 Å². The summed E-state index contributed by atoms with van der Waals surface area (Å²) >= 11 is 1.32. The van der Waals surface area contributed by atoms with Crippen LogP contribution < -0.4 is 0 Å². The van der Waals surface area contributed by atoms with Crippen molar-refractivity contribution in [2.45, 2.75) is 50.6 Å². The molecular weight excluding hydrogens is 518 g/mol. The van der Waals surface area contributed by atoms with Crippen molar-refractivity contribution in [2.24, 2.45) is 17.8 Å². The van der Waals surface area contributed by atoms with E-state index in [-0.39, 0.29) is 19.3 Å². The molecule has 8 nitrogen and oxygen atoms in total. The van der Waals surface area contributed by atoms with Crippen LogP contribution in [0.25, 0.3) is 6.08 Å². The molecule has 39 heavy (non-hydrogen) atoms. The lowest BCUT2D eigenvalue weighted by atomic mass is 9.70. The summed E-state index contributed by atoms with van der Waals surface area (Å²) < 4.78 is 6.38. The number of aliphatic carboxylic acids is 3. The van der Waals surface area contributed by atoms with Crippen molar-refractivity contribution in [3.8, 4) is 6.07 Å². The molecule has 206 valence electrons. The second-order valence-electron chi connectivity index (χ2n) is 9.81. The molecule has 1 aliphatic rings. The van der Waals surface area contributed by atoms with Gasteiger partial charge in [0.05, 0.1) is 31.4 Å². The van der Waals surface area contributed by atoms with Crippen LogP contribution >= 0.6 is 11.8 Å². The zero-order valence-corrected chi connectivity index (χ0v) is 22.8. The number of benzene rings is 2. The Labute approximate surface area is 232 Å². The second-order valence-corrected chi connectivity index (χ2v) is 10.8. The van der Waals surface area contributed by atoms with E-state index in [2.05, 4.69) is 6.07 Å². The summed E-state index contributed by atoms with van der Waals surface area (Å²) in [4.78, 5) is 35.3. The highest BCUT2D eigenvalue weighted by Gasteiger charge is 2.48. The lowest BCUT2D eigenvalue weighted by Crippen LogP contribution is -2.45. The van der Waals surface area contributed by atoms with Crippen molar-refractivity contribution < 1.29 is 34.4 Å². The number of aryl methyl sites for hydroxylation is 1. The van der Waals surface area contributed by atoms with Gasteiger partial charge in [0.25, 0.3) is 0 Å². The first-order valence-corrected chi connectivity index (χ1v) is 14.0. The maximum atomic E-state index is 11.9. The van der Waals surface area contributed by atoms with Gasteiger partial charge in [0, 0.05) is 18.3 Å². The van der Waals surface area contributed by atoms with Gasteiger partial charge in [-0.3, -0.25) is 14.4 Å². The van der Waals surface area contributed by atoms with Crippen LogP contribution in [0.1, 0.15) is 59.6 Å². The van der Waals surface area contributed by atoms with Crippen molar-refractivity contribution in [2.75, 3.05) is 6.26 Å². The molecule has 0 spiro atoms. The van der Waals surface area contributed by atoms with Crippen LogP contribution in [0.3, 0.4) is 0 Å². The topological polar surface area (TPSA) is 145 Å². The number of carbonyl (C=O) groups is 3. The monoisotopic (exact) mass is 551 g/mol. The molecule has 3 rings (SSSR count). The smallest absolute Gasteiger partial charge is 0.303 e. The molecule has 0 saturated carbocycles. The summed E-state index contributed by atoms with van der Waals surface area (Å²) in [6.45, 7) is 2.00. The Morgan fingerprint density at radius 3 is 2.15 bits per heavy atom. The molecule has 2 aromatic carbocycles. The standard InChI is InChI=1S/C30H33NO7S/c1-18-6-11-21(14-22(18)13-20-9-7-19(8-10-20)5-3-4-12-31)29-24(16-27(34)35)23(15-26(32)33)25(17-28(36)37)30(38-29)39-2/h3,5-11,14,23-25,29-30H,4,13,15-17H2,1-2H3,(H,32,33)(H,34,35)(H,36,37)/t23-,24+,25+,29-,30-/m1/s1. The molecule has 0 aliphatic carbocycles. The summed E-state index contributed by atoms with van der Waals surface area (Å²) in [7, 11) is 0. The van der Waals surface area contributed by atoms with Crippen LogP contribution in [0.4, 0.5) is 0 Å². The third kappa shape index (κ3) is 8.19. The zero-order valence-electron chi connectivity index (χ0n) is 21.9. The molecule has 0 aromatic heterocycles. The average Bonchev–Trinajstić information content (AvgIpc) is 2.88. The quantitative estimate of drug-likeness (QED) is 0.309. The van der Waals surface area contributed by atoms with E-state index in [4.69, 9.17) is 10.00 Å². The van der Waals surface area contributed by atoms with Gasteiger partial charge in [0.15, 0.2) is 0 Å². The third-order valence-corrected chi connectivity index (χ3v) is 8.10. The van der Waals surface area contributed by atoms with E-state index in [0.29, 0.717) is 12.8 Å². The van der Waals surface area contributed by atoms with Gasteiger partial charge in [0.1, 0.15) is 5.44 Å². The first kappa shape index (κ1) is 29.9. The minimum atomic E-state index is -1.10. The number of allylic oxidation sites excluding steroid dienone is 1. The minimum absolute atomic E-state index is 0.298. The summed E-state index contributed by atoms with van der Waals surface area (Å²) in [5, 5.41) is 37.6. The molecule has 3 N–H and O–H groups in total. The minimum Gasteiger partial charge on any atom is -0.481 e. The largest absolute Gasteiger partial charge is 0.481 e. The number of hydrogen-bond acceptors (Lipinski definition) is 6. The number of nitrogens with zero attached hydrogens (tertiary/aromatic N) is 1. The Kier molecular flexibility index (Phi) is 10.7. The number of ether oxygens (including phenoxy) is 1. The van der Waals surface area contributed by atoms with E-state index < -0.39 is 47.2 Å². The SMILES string of the molecule is CS[C@H]1O[C@H](c2ccc(C)c(Cc3ccc(C=CCC#N)cc3)c2)[C@@H](CC(=O)O)[C@@H](CC(=O)O)[C@@H]1CC(=O)O. The molecule has 0 radical (unpaired) electrons. The maximum absolute atomic E-state index is 11.9. The van der Waals surface area contributed by atoms with Crippen LogP contribution in [0, 0.1) is 36.0 Å². The van der Waals surface area contributed by atoms with Gasteiger partial charge in [-0.05, 0) is 53.3 Å². The van der Waals surface area contributed by atoms with E-state index in [1.165, 1.54) is 11.8 Å². The molecule has 2 aromatic rings. The lowest BCUT2D eigenvalue weighted by Gasteiger charge is -2.46. The van der Waals surface area contributed by atoms with Crippen molar-refractivity contribution in [3.63, 3.8) is 0 Å². The summed E-state index contributed by atoms with van der Waals surface area (Å²) in [5.41, 5.74) is 4.31. The molecule has 0 bridgehead atoms. The van der Waals surface area contributed by atoms with Crippen LogP contribution in [0.2, 0.25) is 0 Å². The second kappa shape index (κ2) is 14.0. The van der Waals surface area contributed by atoms with Gasteiger partial charge in [0.2, 0.25) is 0 Å². The Morgan fingerprint density at radius 2 is 1.56 bits per heavy atom. The van der Waals surface area contributed by atoms with E-state index >= 15 is 0 Å². The highest BCUT2D eigenvalue weighted by molar-refractivity contribution is 7.99. The van der Waals surface area contributed by atoms with E-state index in [1.54, 1.807) is 12.3 Å². The fraction of sp³-hybridized carbons (Fsp3) is 0.400. The van der Waals surface area contributed by atoms with Gasteiger partial charge in [-0.25, -0.2) is 0 Å². The predicted molar refractivity (Wildman–Crippen MR) is 148 cm³/mol. The summed E-state index contributed by atoms with van der Waals surface area (Å²) in [6.07, 6.45) is 4.81. The number of thioether (sulfide) groups is 1. The van der Waals surface area contributed by atoms with Crippen molar-refractivity contribution in [3.05, 3.63) is 76.4 Å². The Hall–Kier alpha value is -3.61. The maximum Gasteiger partial charge on any atom is 0.303 e. The molecule has 0 amide bonds. The Balaban J connectivity index is 1.96. The fourth-order valence-corrected chi connectivity index (χ4v) is 6.21. The van der Waals surface area contributed by atoms with E-state index in [0.717, 1.165) is 27.8 Å². The van der Waals surface area contributed by atoms with Gasteiger partial charge < -0.3 is 20.1 Å². The van der Waals surface area contributed by atoms with Crippen molar-refractivity contribution >= 4 is 35.7 Å². The molecule has 5 atom stereocenters. The molecule has 1 heterocycles. The van der Waals surface area contributed by atoms with Crippen LogP contribution in [0.5, 0.6) is 0 Å². The zero-order chi connectivity index (χ0) is 28.5. The van der Waals surface area contributed by atoms with E-state index in [9.17, 15) is 29.7 Å². The van der Waals surface area contributed by atoms with E-state index in [1.807, 2.05) is 55.5 Å². The molecule has 1 aliphatic heterocycles. The average molecular weight is 552 g/mol. The predicted octanol–water partition coefficient (Wildman–Crippen LogP) is 5.55. The van der Waals surface area contributed by atoms with Gasteiger partial charge >= 0.3 is 17.9 Å². The molecule has 0 unspecified atom stereocenters. The fourth-order valence-electron chi connectivity index (χ4n) is 5.33. The van der Waals surface area contributed by atoms with Gasteiger partial charge in [-0.1, -0.05) is 54.6 Å². The van der Waals surface area contributed by atoms with Crippen LogP contribution in [0.15, 0.2) is 48.5 Å². The number of carboxylic acids is 3. The van der Waals surface area contributed by atoms with Crippen LogP contribution in [-0.2, 0) is 25.5 Å². The Morgan fingerprint density at radius 1 is 0.949 bits per heavy atom. The number of rotatable bonds is 12. The van der Waals surface area contributed by atoms with Crippen molar-refractivity contribution in [1.29, 1.82) is 5.26 Å². The lowest BCUT2D eigenvalue weighted by molar-refractivity contribution is -0.161. The normalized spacial score (nSPS) is 22.8. The Bertz CT molecular complexity index is 1250. The first-order chi connectivity index (χ1) is 18.6.